The summed E-state index contributed by atoms with van der Waals surface area (Å²) >= 11 is 0. The monoisotopic (exact) mass is 381 g/mol. The number of carbonyl (C=O) groups excluding carboxylic acids is 2. The van der Waals surface area contributed by atoms with Crippen LogP contribution in [0.4, 0.5) is 4.79 Å². The van der Waals surface area contributed by atoms with Crippen LogP contribution in [0.5, 0.6) is 0 Å². The molecule has 2 aliphatic rings. The first-order chi connectivity index (χ1) is 12.4. The maximum Gasteiger partial charge on any atom is 0.461 e. The molecule has 154 valence electrons. The van der Waals surface area contributed by atoms with Crippen molar-refractivity contribution in [1.82, 2.24) is 4.90 Å². The van der Waals surface area contributed by atoms with Gasteiger partial charge in [0.15, 0.2) is 0 Å². The van der Waals surface area contributed by atoms with E-state index in [1.54, 1.807) is 0 Å². The van der Waals surface area contributed by atoms with Crippen molar-refractivity contribution in [3.63, 3.8) is 0 Å². The Labute approximate surface area is 164 Å². The second kappa shape index (κ2) is 8.12. The number of unbranched alkanes of at least 4 members (excludes halogenated alkanes) is 1. The van der Waals surface area contributed by atoms with Gasteiger partial charge in [-0.1, -0.05) is 47.0 Å². The Kier molecular flexibility index (Phi) is 6.68. The van der Waals surface area contributed by atoms with E-state index in [2.05, 4.69) is 6.92 Å². The van der Waals surface area contributed by atoms with E-state index >= 15 is 0 Å². The van der Waals surface area contributed by atoms with Crippen molar-refractivity contribution in [2.24, 2.45) is 11.8 Å². The smallest absolute Gasteiger partial charge is 0.447 e. The second-order valence-electron chi connectivity index (χ2n) is 9.32. The van der Waals surface area contributed by atoms with E-state index in [-0.39, 0.29) is 30.3 Å². The van der Waals surface area contributed by atoms with E-state index < -0.39 is 30.3 Å². The standard InChI is InChI=1S/C20H36BNO5/c1-9-10-11-15(21-26-19(5,6)20(7,8)27-21)14(4)17(23)22-16(13(2)3)12-25-18(22)24/h13-16H,9-12H2,1-8H3/t14-,15-,16+/m0/s1. The number of hydrogen-bond donors (Lipinski definition) is 0. The SMILES string of the molecule is CCCC[C@H](B1OC(C)(C)C(C)(C)O1)[C@H](C)C(=O)N1C(=O)OC[C@@H]1C(C)C. The minimum absolute atomic E-state index is 0.111. The number of hydrogen-bond acceptors (Lipinski definition) is 5. The summed E-state index contributed by atoms with van der Waals surface area (Å²) < 4.78 is 17.7. The molecular formula is C20H36BNO5. The van der Waals surface area contributed by atoms with Crippen LogP contribution in [-0.2, 0) is 18.8 Å². The lowest BCUT2D eigenvalue weighted by Gasteiger charge is -2.32. The van der Waals surface area contributed by atoms with Gasteiger partial charge in [0, 0.05) is 11.7 Å². The fourth-order valence-corrected chi connectivity index (χ4v) is 3.71. The van der Waals surface area contributed by atoms with Crippen LogP contribution in [-0.4, -0.2) is 47.9 Å². The van der Waals surface area contributed by atoms with Crippen molar-refractivity contribution in [3.05, 3.63) is 0 Å². The normalized spacial score (nSPS) is 26.4. The highest BCUT2D eigenvalue weighted by Gasteiger charge is 2.56. The minimum atomic E-state index is -0.534. The molecule has 2 saturated heterocycles. The van der Waals surface area contributed by atoms with Crippen LogP contribution in [0.15, 0.2) is 0 Å². The topological polar surface area (TPSA) is 65.1 Å². The Morgan fingerprint density at radius 1 is 1.19 bits per heavy atom. The van der Waals surface area contributed by atoms with Crippen molar-refractivity contribution < 1.29 is 23.6 Å². The molecule has 2 fully saturated rings. The minimum Gasteiger partial charge on any atom is -0.447 e. The average Bonchev–Trinajstić information content (AvgIpc) is 3.04. The highest BCUT2D eigenvalue weighted by atomic mass is 16.7. The lowest BCUT2D eigenvalue weighted by Crippen LogP contribution is -2.47. The predicted molar refractivity (Wildman–Crippen MR) is 105 cm³/mol. The molecule has 2 rings (SSSR count). The molecule has 0 unspecified atom stereocenters. The molecule has 0 aromatic carbocycles. The van der Waals surface area contributed by atoms with Crippen LogP contribution in [0.25, 0.3) is 0 Å². The fourth-order valence-electron chi connectivity index (χ4n) is 3.71. The van der Waals surface area contributed by atoms with Crippen LogP contribution in [0.1, 0.15) is 74.7 Å². The molecule has 0 aliphatic carbocycles. The Hall–Kier alpha value is -1.08. The van der Waals surface area contributed by atoms with Crippen molar-refractivity contribution in [1.29, 1.82) is 0 Å². The number of imide groups is 1. The number of carbonyl (C=O) groups is 2. The van der Waals surface area contributed by atoms with E-state index in [4.69, 9.17) is 14.0 Å². The highest BCUT2D eigenvalue weighted by Crippen LogP contribution is 2.44. The maximum atomic E-state index is 13.3. The van der Waals surface area contributed by atoms with Gasteiger partial charge in [-0.25, -0.2) is 9.69 Å². The summed E-state index contributed by atoms with van der Waals surface area (Å²) in [4.78, 5) is 26.8. The van der Waals surface area contributed by atoms with Gasteiger partial charge in [0.05, 0.1) is 17.2 Å². The predicted octanol–water partition coefficient (Wildman–Crippen LogP) is 4.28. The molecule has 27 heavy (non-hydrogen) atoms. The number of ether oxygens (including phenoxy) is 1. The van der Waals surface area contributed by atoms with Crippen molar-refractivity contribution in [3.8, 4) is 0 Å². The van der Waals surface area contributed by atoms with Gasteiger partial charge in [0.1, 0.15) is 6.61 Å². The third-order valence-corrected chi connectivity index (χ3v) is 6.46. The summed E-state index contributed by atoms with van der Waals surface area (Å²) in [6, 6.07) is -0.211. The molecule has 0 spiro atoms. The lowest BCUT2D eigenvalue weighted by molar-refractivity contribution is -0.133. The zero-order valence-corrected chi connectivity index (χ0v) is 18.2. The van der Waals surface area contributed by atoms with Gasteiger partial charge >= 0.3 is 13.2 Å². The van der Waals surface area contributed by atoms with E-state index in [9.17, 15) is 9.59 Å². The van der Waals surface area contributed by atoms with E-state index in [1.807, 2.05) is 48.5 Å². The molecule has 3 atom stereocenters. The zero-order chi connectivity index (χ0) is 20.6. The van der Waals surface area contributed by atoms with Gasteiger partial charge < -0.3 is 14.0 Å². The summed E-state index contributed by atoms with van der Waals surface area (Å²) in [6.45, 7) is 16.3. The number of nitrogens with zero attached hydrogens (tertiary/aromatic N) is 1. The molecule has 2 aliphatic heterocycles. The molecule has 2 amide bonds. The summed E-state index contributed by atoms with van der Waals surface area (Å²) in [6.07, 6.45) is 2.28. The molecule has 0 bridgehead atoms. The van der Waals surface area contributed by atoms with Crippen LogP contribution < -0.4 is 0 Å². The first-order valence-electron chi connectivity index (χ1n) is 10.3. The van der Waals surface area contributed by atoms with Crippen LogP contribution in [0.3, 0.4) is 0 Å². The highest BCUT2D eigenvalue weighted by molar-refractivity contribution is 6.48. The summed E-state index contributed by atoms with van der Waals surface area (Å²) in [5, 5.41) is 0. The molecular weight excluding hydrogens is 345 g/mol. The van der Waals surface area contributed by atoms with Crippen LogP contribution in [0, 0.1) is 11.8 Å². The van der Waals surface area contributed by atoms with Gasteiger partial charge in [0.25, 0.3) is 0 Å². The molecule has 6 nitrogen and oxygen atoms in total. The summed E-state index contributed by atoms with van der Waals surface area (Å²) in [5.74, 6) is -0.539. The molecule has 7 heteroatoms. The third-order valence-electron chi connectivity index (χ3n) is 6.46. The average molecular weight is 381 g/mol. The van der Waals surface area contributed by atoms with Crippen molar-refractivity contribution in [2.45, 2.75) is 97.7 Å². The first kappa shape index (κ1) is 22.2. The van der Waals surface area contributed by atoms with Crippen LogP contribution >= 0.6 is 0 Å². The Morgan fingerprint density at radius 3 is 2.22 bits per heavy atom. The molecule has 2 heterocycles. The molecule has 0 radical (unpaired) electrons. The van der Waals surface area contributed by atoms with Gasteiger partial charge in [-0.2, -0.15) is 0 Å². The largest absolute Gasteiger partial charge is 0.461 e. The lowest BCUT2D eigenvalue weighted by atomic mass is 9.62. The second-order valence-corrected chi connectivity index (χ2v) is 9.32. The molecule has 0 N–H and O–H groups in total. The molecule has 0 aromatic rings. The Balaban J connectivity index is 2.23. The van der Waals surface area contributed by atoms with Crippen molar-refractivity contribution >= 4 is 19.1 Å². The first-order valence-corrected chi connectivity index (χ1v) is 10.3. The van der Waals surface area contributed by atoms with E-state index in [0.717, 1.165) is 19.3 Å². The Bertz CT molecular complexity index is 547. The zero-order valence-electron chi connectivity index (χ0n) is 18.2. The van der Waals surface area contributed by atoms with Gasteiger partial charge in [-0.3, -0.25) is 4.79 Å². The van der Waals surface area contributed by atoms with Crippen LogP contribution in [0.2, 0.25) is 5.82 Å². The molecule has 0 saturated carbocycles. The van der Waals surface area contributed by atoms with E-state index in [1.165, 1.54) is 4.90 Å². The number of rotatable bonds is 7. The number of amides is 2. The van der Waals surface area contributed by atoms with Crippen molar-refractivity contribution in [2.75, 3.05) is 6.61 Å². The molecule has 0 aromatic heterocycles. The maximum absolute atomic E-state index is 13.3. The summed E-state index contributed by atoms with van der Waals surface area (Å²) in [7, 11) is -0.461. The fraction of sp³-hybridized carbons (Fsp3) is 0.900. The van der Waals surface area contributed by atoms with Gasteiger partial charge in [-0.15, -0.1) is 0 Å². The summed E-state index contributed by atoms with van der Waals surface area (Å²) in [5.41, 5.74) is -0.893. The number of cyclic esters (lactones) is 1. The van der Waals surface area contributed by atoms with E-state index in [0.29, 0.717) is 0 Å². The quantitative estimate of drug-likeness (QED) is 0.616. The third kappa shape index (κ3) is 4.34. The Morgan fingerprint density at radius 2 is 1.74 bits per heavy atom. The van der Waals surface area contributed by atoms with Gasteiger partial charge in [-0.05, 0) is 33.6 Å². The van der Waals surface area contributed by atoms with Gasteiger partial charge in [0.2, 0.25) is 5.91 Å².